The number of nitrogens with zero attached hydrogens (tertiary/aromatic N) is 1. The van der Waals surface area contributed by atoms with Gasteiger partial charge < -0.3 is 19.4 Å². The Morgan fingerprint density at radius 2 is 2.05 bits per heavy atom. The molecule has 1 aliphatic heterocycles. The minimum Gasteiger partial charge on any atom is -0.454 e. The lowest BCUT2D eigenvalue weighted by Gasteiger charge is -2.08. The molecule has 0 bridgehead atoms. The number of carbonyl (C=O) groups excluding carboxylic acids is 1. The molecule has 1 aromatic carbocycles. The molecule has 0 fully saturated rings. The molecule has 0 saturated heterocycles. The fourth-order valence-corrected chi connectivity index (χ4v) is 2.48. The van der Waals surface area contributed by atoms with Crippen molar-refractivity contribution in [3.63, 3.8) is 0 Å². The van der Waals surface area contributed by atoms with Crippen LogP contribution in [0.5, 0.6) is 11.5 Å². The van der Waals surface area contributed by atoms with Crippen LogP contribution in [0.1, 0.15) is 23.4 Å². The molecule has 0 radical (unpaired) electrons. The molecule has 0 spiro atoms. The summed E-state index contributed by atoms with van der Waals surface area (Å²) in [5.74, 6) is 1.58. The van der Waals surface area contributed by atoms with Gasteiger partial charge >= 0.3 is 0 Å². The maximum absolute atomic E-state index is 12.0. The first kappa shape index (κ1) is 14.5. The second-order valence-corrected chi connectivity index (χ2v) is 5.49. The molecular formula is C17H20N2O3. The molecule has 116 valence electrons. The fraction of sp³-hybridized carbons (Fsp3) is 0.353. The lowest BCUT2D eigenvalue weighted by atomic mass is 10.1. The van der Waals surface area contributed by atoms with Crippen LogP contribution < -0.4 is 14.8 Å². The van der Waals surface area contributed by atoms with Crippen LogP contribution in [-0.4, -0.2) is 17.3 Å². The van der Waals surface area contributed by atoms with Crippen molar-refractivity contribution in [2.24, 2.45) is 7.05 Å². The summed E-state index contributed by atoms with van der Waals surface area (Å²) in [6, 6.07) is 9.89. The predicted octanol–water partition coefficient (Wildman–Crippen LogP) is 2.31. The number of hydrogen-bond acceptors (Lipinski definition) is 3. The van der Waals surface area contributed by atoms with E-state index in [0.717, 1.165) is 22.8 Å². The molecule has 1 N–H and O–H groups in total. The number of hydrogen-bond donors (Lipinski definition) is 1. The van der Waals surface area contributed by atoms with Gasteiger partial charge in [-0.1, -0.05) is 6.07 Å². The van der Waals surface area contributed by atoms with Crippen molar-refractivity contribution in [3.05, 3.63) is 47.3 Å². The topological polar surface area (TPSA) is 52.5 Å². The Kier molecular flexibility index (Phi) is 4.04. The van der Waals surface area contributed by atoms with E-state index >= 15 is 0 Å². The monoisotopic (exact) mass is 300 g/mol. The van der Waals surface area contributed by atoms with Crippen molar-refractivity contribution in [2.45, 2.75) is 26.3 Å². The number of fused-ring (bicyclic) bond motifs is 1. The van der Waals surface area contributed by atoms with Crippen LogP contribution in [0.15, 0.2) is 30.3 Å². The highest BCUT2D eigenvalue weighted by molar-refractivity contribution is 5.76. The quantitative estimate of drug-likeness (QED) is 0.922. The number of carbonyl (C=O) groups is 1. The Hall–Kier alpha value is -2.43. The first-order valence-electron chi connectivity index (χ1n) is 7.40. The molecule has 5 heteroatoms. The third-order valence-corrected chi connectivity index (χ3v) is 4.02. The maximum Gasteiger partial charge on any atom is 0.231 e. The molecule has 0 aliphatic carbocycles. The van der Waals surface area contributed by atoms with E-state index in [2.05, 4.69) is 9.88 Å². The molecule has 0 unspecified atom stereocenters. The Balaban J connectivity index is 1.49. The molecule has 2 aromatic rings. The van der Waals surface area contributed by atoms with Crippen LogP contribution >= 0.6 is 0 Å². The first-order valence-corrected chi connectivity index (χ1v) is 7.40. The van der Waals surface area contributed by atoms with E-state index in [0.29, 0.717) is 19.4 Å². The summed E-state index contributed by atoms with van der Waals surface area (Å²) in [4.78, 5) is 12.0. The molecule has 1 aromatic heterocycles. The predicted molar refractivity (Wildman–Crippen MR) is 82.9 cm³/mol. The van der Waals surface area contributed by atoms with E-state index in [1.807, 2.05) is 44.3 Å². The second-order valence-electron chi connectivity index (χ2n) is 5.49. The van der Waals surface area contributed by atoms with Crippen LogP contribution in [0, 0.1) is 6.92 Å². The normalized spacial score (nSPS) is 12.5. The summed E-state index contributed by atoms with van der Waals surface area (Å²) in [6.45, 7) is 2.88. The zero-order valence-corrected chi connectivity index (χ0v) is 12.9. The smallest absolute Gasteiger partial charge is 0.231 e. The molecule has 0 atom stereocenters. The van der Waals surface area contributed by atoms with Gasteiger partial charge in [0, 0.05) is 24.9 Å². The molecule has 5 nitrogen and oxygen atoms in total. The largest absolute Gasteiger partial charge is 0.454 e. The molecule has 22 heavy (non-hydrogen) atoms. The summed E-state index contributed by atoms with van der Waals surface area (Å²) in [7, 11) is 2.00. The summed E-state index contributed by atoms with van der Waals surface area (Å²) in [6.07, 6.45) is 1.15. The lowest BCUT2D eigenvalue weighted by Crippen LogP contribution is -2.24. The zero-order chi connectivity index (χ0) is 15.5. The van der Waals surface area contributed by atoms with Gasteiger partial charge in [0.05, 0.1) is 6.54 Å². The third-order valence-electron chi connectivity index (χ3n) is 4.02. The standard InChI is InChI=1S/C17H20N2O3/c1-12-3-6-14(19(12)2)10-18-17(20)8-5-13-4-7-15-16(9-13)22-11-21-15/h3-4,6-7,9H,5,8,10-11H2,1-2H3,(H,18,20). The molecule has 1 amide bonds. The number of benzene rings is 1. The van der Waals surface area contributed by atoms with Crippen LogP contribution in [0.4, 0.5) is 0 Å². The van der Waals surface area contributed by atoms with Crippen molar-refractivity contribution in [1.29, 1.82) is 0 Å². The van der Waals surface area contributed by atoms with Gasteiger partial charge in [0.15, 0.2) is 11.5 Å². The molecule has 0 saturated carbocycles. The van der Waals surface area contributed by atoms with Crippen LogP contribution in [0.3, 0.4) is 0 Å². The highest BCUT2D eigenvalue weighted by Gasteiger charge is 2.13. The van der Waals surface area contributed by atoms with Crippen LogP contribution in [0.2, 0.25) is 0 Å². The van der Waals surface area contributed by atoms with Crippen molar-refractivity contribution >= 4 is 5.91 Å². The summed E-state index contributed by atoms with van der Waals surface area (Å²) >= 11 is 0. The Morgan fingerprint density at radius 3 is 2.82 bits per heavy atom. The Labute approximate surface area is 129 Å². The van der Waals surface area contributed by atoms with Gasteiger partial charge in [-0.3, -0.25) is 4.79 Å². The van der Waals surface area contributed by atoms with Crippen molar-refractivity contribution < 1.29 is 14.3 Å². The van der Waals surface area contributed by atoms with E-state index < -0.39 is 0 Å². The summed E-state index contributed by atoms with van der Waals surface area (Å²) in [5.41, 5.74) is 3.37. The minimum absolute atomic E-state index is 0.0523. The van der Waals surface area contributed by atoms with Crippen LogP contribution in [0.25, 0.3) is 0 Å². The number of amides is 1. The Morgan fingerprint density at radius 1 is 1.23 bits per heavy atom. The van der Waals surface area contributed by atoms with Gasteiger partial charge in [-0.05, 0) is 43.2 Å². The number of ether oxygens (including phenoxy) is 2. The molecule has 1 aliphatic rings. The summed E-state index contributed by atoms with van der Waals surface area (Å²) in [5, 5.41) is 2.96. The average molecular weight is 300 g/mol. The van der Waals surface area contributed by atoms with Crippen molar-refractivity contribution in [2.75, 3.05) is 6.79 Å². The van der Waals surface area contributed by atoms with Crippen molar-refractivity contribution in [1.82, 2.24) is 9.88 Å². The number of nitrogens with one attached hydrogen (secondary N) is 1. The highest BCUT2D eigenvalue weighted by atomic mass is 16.7. The molecular weight excluding hydrogens is 280 g/mol. The maximum atomic E-state index is 12.0. The van der Waals surface area contributed by atoms with Gasteiger partial charge in [-0.15, -0.1) is 0 Å². The molecule has 3 rings (SSSR count). The van der Waals surface area contributed by atoms with E-state index in [-0.39, 0.29) is 12.7 Å². The zero-order valence-electron chi connectivity index (χ0n) is 12.9. The number of aryl methyl sites for hydroxylation is 2. The van der Waals surface area contributed by atoms with Gasteiger partial charge in [0.2, 0.25) is 12.7 Å². The highest BCUT2D eigenvalue weighted by Crippen LogP contribution is 2.32. The van der Waals surface area contributed by atoms with E-state index in [1.54, 1.807) is 0 Å². The lowest BCUT2D eigenvalue weighted by molar-refractivity contribution is -0.121. The third kappa shape index (κ3) is 3.08. The van der Waals surface area contributed by atoms with Gasteiger partial charge in [0.25, 0.3) is 0 Å². The number of aromatic nitrogens is 1. The average Bonchev–Trinajstić information content (AvgIpc) is 3.11. The second kappa shape index (κ2) is 6.13. The summed E-state index contributed by atoms with van der Waals surface area (Å²) < 4.78 is 12.7. The van der Waals surface area contributed by atoms with Crippen molar-refractivity contribution in [3.8, 4) is 11.5 Å². The van der Waals surface area contributed by atoms with E-state index in [9.17, 15) is 4.79 Å². The van der Waals surface area contributed by atoms with E-state index in [1.165, 1.54) is 5.69 Å². The molecule has 2 heterocycles. The number of rotatable bonds is 5. The SMILES string of the molecule is Cc1ccc(CNC(=O)CCc2ccc3c(c2)OCO3)n1C. The van der Waals surface area contributed by atoms with Gasteiger partial charge in [0.1, 0.15) is 0 Å². The van der Waals surface area contributed by atoms with Crippen LogP contribution in [-0.2, 0) is 24.8 Å². The van der Waals surface area contributed by atoms with E-state index in [4.69, 9.17) is 9.47 Å². The first-order chi connectivity index (χ1) is 10.6. The Bertz CT molecular complexity index is 691. The van der Waals surface area contributed by atoms with Gasteiger partial charge in [-0.25, -0.2) is 0 Å². The van der Waals surface area contributed by atoms with Gasteiger partial charge in [-0.2, -0.15) is 0 Å². The fourth-order valence-electron chi connectivity index (χ4n) is 2.48. The minimum atomic E-state index is 0.0523.